The smallest absolute Gasteiger partial charge is 0.255 e. The zero-order valence-corrected chi connectivity index (χ0v) is 11.0. The molecule has 1 aromatic carbocycles. The lowest BCUT2D eigenvalue weighted by Crippen LogP contribution is -2.47. The van der Waals surface area contributed by atoms with Crippen molar-refractivity contribution in [3.05, 3.63) is 23.8 Å². The average molecular weight is 264 g/mol. The van der Waals surface area contributed by atoms with Gasteiger partial charge in [0.1, 0.15) is 11.5 Å². The fraction of sp³-hybridized carbons (Fsp3) is 0.500. The van der Waals surface area contributed by atoms with Crippen LogP contribution >= 0.6 is 0 Å². The standard InChI is InChI=1S/C14H20N2O3/c1-9-3-2-6-15-12(9)8-16-14(19)11-5-4-10(17)7-13(11)18/h4-5,7,9,12,15,17-18H,2-3,6,8H2,1H3,(H,16,19). The van der Waals surface area contributed by atoms with Crippen molar-refractivity contribution >= 4 is 5.91 Å². The summed E-state index contributed by atoms with van der Waals surface area (Å²) in [6.07, 6.45) is 2.34. The molecule has 5 heteroatoms. The monoisotopic (exact) mass is 264 g/mol. The van der Waals surface area contributed by atoms with Crippen LogP contribution in [0.4, 0.5) is 0 Å². The van der Waals surface area contributed by atoms with Gasteiger partial charge in [-0.2, -0.15) is 0 Å². The molecular weight excluding hydrogens is 244 g/mol. The third-order valence-corrected chi connectivity index (χ3v) is 3.64. The summed E-state index contributed by atoms with van der Waals surface area (Å²) in [5, 5.41) is 25.0. The molecule has 104 valence electrons. The van der Waals surface area contributed by atoms with E-state index in [0.717, 1.165) is 19.0 Å². The lowest BCUT2D eigenvalue weighted by molar-refractivity contribution is 0.0941. The molecule has 0 bridgehead atoms. The molecule has 5 nitrogen and oxygen atoms in total. The number of phenols is 2. The minimum absolute atomic E-state index is 0.0587. The number of benzene rings is 1. The fourth-order valence-corrected chi connectivity index (χ4v) is 2.40. The second-order valence-corrected chi connectivity index (χ2v) is 5.09. The molecule has 2 rings (SSSR count). The van der Waals surface area contributed by atoms with Crippen LogP contribution in [0.1, 0.15) is 30.1 Å². The Kier molecular flexibility index (Phi) is 4.27. The second-order valence-electron chi connectivity index (χ2n) is 5.09. The summed E-state index contributed by atoms with van der Waals surface area (Å²) in [6.45, 7) is 3.69. The van der Waals surface area contributed by atoms with Gasteiger partial charge in [-0.05, 0) is 37.4 Å². The Labute approximate surface area is 112 Å². The molecule has 19 heavy (non-hydrogen) atoms. The van der Waals surface area contributed by atoms with Crippen LogP contribution in [0, 0.1) is 5.92 Å². The Morgan fingerprint density at radius 2 is 2.26 bits per heavy atom. The lowest BCUT2D eigenvalue weighted by atomic mass is 9.93. The van der Waals surface area contributed by atoms with Gasteiger partial charge < -0.3 is 20.8 Å². The number of hydrogen-bond acceptors (Lipinski definition) is 4. The maximum atomic E-state index is 11.9. The van der Waals surface area contributed by atoms with Crippen LogP contribution in [-0.4, -0.2) is 35.3 Å². The molecule has 1 heterocycles. The van der Waals surface area contributed by atoms with Crippen molar-refractivity contribution in [2.75, 3.05) is 13.1 Å². The molecule has 1 saturated heterocycles. The van der Waals surface area contributed by atoms with Crippen LogP contribution < -0.4 is 10.6 Å². The first-order valence-electron chi connectivity index (χ1n) is 6.61. The molecule has 1 fully saturated rings. The van der Waals surface area contributed by atoms with E-state index in [1.54, 1.807) is 0 Å². The van der Waals surface area contributed by atoms with Crippen molar-refractivity contribution in [1.82, 2.24) is 10.6 Å². The molecule has 0 aromatic heterocycles. The highest BCUT2D eigenvalue weighted by Crippen LogP contribution is 2.22. The molecule has 1 aromatic rings. The molecular formula is C14H20N2O3. The van der Waals surface area contributed by atoms with Crippen molar-refractivity contribution in [2.45, 2.75) is 25.8 Å². The second kappa shape index (κ2) is 5.93. The van der Waals surface area contributed by atoms with E-state index in [2.05, 4.69) is 17.6 Å². The quantitative estimate of drug-likeness (QED) is 0.661. The SMILES string of the molecule is CC1CCCNC1CNC(=O)c1ccc(O)cc1O. The number of amides is 1. The third kappa shape index (κ3) is 3.38. The normalized spacial score (nSPS) is 23.0. The number of carbonyl (C=O) groups is 1. The topological polar surface area (TPSA) is 81.6 Å². The fourth-order valence-electron chi connectivity index (χ4n) is 2.40. The summed E-state index contributed by atoms with van der Waals surface area (Å²) in [4.78, 5) is 11.9. The molecule has 1 aliphatic heterocycles. The Balaban J connectivity index is 1.93. The van der Waals surface area contributed by atoms with Gasteiger partial charge in [0.05, 0.1) is 5.56 Å². The first kappa shape index (κ1) is 13.7. The lowest BCUT2D eigenvalue weighted by Gasteiger charge is -2.30. The summed E-state index contributed by atoms with van der Waals surface area (Å²) in [5.74, 6) is -0.0571. The van der Waals surface area contributed by atoms with Gasteiger partial charge in [-0.15, -0.1) is 0 Å². The summed E-state index contributed by atoms with van der Waals surface area (Å²) >= 11 is 0. The maximum Gasteiger partial charge on any atom is 0.255 e. The van der Waals surface area contributed by atoms with Crippen LogP contribution in [0.5, 0.6) is 11.5 Å². The van der Waals surface area contributed by atoms with Crippen LogP contribution in [-0.2, 0) is 0 Å². The average Bonchev–Trinajstić information content (AvgIpc) is 2.37. The third-order valence-electron chi connectivity index (χ3n) is 3.64. The maximum absolute atomic E-state index is 11.9. The molecule has 0 saturated carbocycles. The largest absolute Gasteiger partial charge is 0.508 e. The van der Waals surface area contributed by atoms with E-state index in [0.29, 0.717) is 12.5 Å². The van der Waals surface area contributed by atoms with E-state index in [4.69, 9.17) is 0 Å². The number of rotatable bonds is 3. The van der Waals surface area contributed by atoms with Gasteiger partial charge in [-0.25, -0.2) is 0 Å². The Hall–Kier alpha value is -1.75. The van der Waals surface area contributed by atoms with Gasteiger partial charge in [-0.3, -0.25) is 4.79 Å². The molecule has 4 N–H and O–H groups in total. The number of piperidine rings is 1. The molecule has 1 aliphatic rings. The highest BCUT2D eigenvalue weighted by atomic mass is 16.3. The summed E-state index contributed by atoms with van der Waals surface area (Å²) in [5.41, 5.74) is 0.182. The Bertz CT molecular complexity index is 462. The van der Waals surface area contributed by atoms with E-state index < -0.39 is 0 Å². The first-order chi connectivity index (χ1) is 9.08. The van der Waals surface area contributed by atoms with E-state index in [-0.39, 0.29) is 29.0 Å². The van der Waals surface area contributed by atoms with Crippen LogP contribution in [0.3, 0.4) is 0 Å². The summed E-state index contributed by atoms with van der Waals surface area (Å²) in [6, 6.07) is 4.24. The van der Waals surface area contributed by atoms with Gasteiger partial charge in [0.25, 0.3) is 5.91 Å². The number of hydrogen-bond donors (Lipinski definition) is 4. The van der Waals surface area contributed by atoms with Gasteiger partial charge in [0.15, 0.2) is 0 Å². The minimum atomic E-state index is -0.322. The van der Waals surface area contributed by atoms with E-state index in [1.165, 1.54) is 18.6 Å². The van der Waals surface area contributed by atoms with Gasteiger partial charge in [0, 0.05) is 18.7 Å². The predicted molar refractivity (Wildman–Crippen MR) is 72.3 cm³/mol. The first-order valence-corrected chi connectivity index (χ1v) is 6.61. The zero-order valence-electron chi connectivity index (χ0n) is 11.0. The number of nitrogens with one attached hydrogen (secondary N) is 2. The number of phenolic OH excluding ortho intramolecular Hbond substituents is 2. The van der Waals surface area contributed by atoms with Crippen LogP contribution in [0.2, 0.25) is 0 Å². The number of carbonyl (C=O) groups excluding carboxylic acids is 1. The van der Waals surface area contributed by atoms with Crippen molar-refractivity contribution in [3.8, 4) is 11.5 Å². The van der Waals surface area contributed by atoms with Gasteiger partial charge in [0.2, 0.25) is 0 Å². The molecule has 0 radical (unpaired) electrons. The molecule has 2 unspecified atom stereocenters. The van der Waals surface area contributed by atoms with E-state index >= 15 is 0 Å². The van der Waals surface area contributed by atoms with Crippen LogP contribution in [0.15, 0.2) is 18.2 Å². The Morgan fingerprint density at radius 1 is 1.47 bits per heavy atom. The number of aromatic hydroxyl groups is 2. The molecule has 0 spiro atoms. The molecule has 2 atom stereocenters. The minimum Gasteiger partial charge on any atom is -0.508 e. The highest BCUT2D eigenvalue weighted by Gasteiger charge is 2.21. The molecule has 0 aliphatic carbocycles. The summed E-state index contributed by atoms with van der Waals surface area (Å²) in [7, 11) is 0. The van der Waals surface area contributed by atoms with E-state index in [1.807, 2.05) is 0 Å². The van der Waals surface area contributed by atoms with Crippen molar-refractivity contribution in [2.24, 2.45) is 5.92 Å². The zero-order chi connectivity index (χ0) is 13.8. The summed E-state index contributed by atoms with van der Waals surface area (Å²) < 4.78 is 0. The van der Waals surface area contributed by atoms with E-state index in [9.17, 15) is 15.0 Å². The highest BCUT2D eigenvalue weighted by molar-refractivity contribution is 5.97. The predicted octanol–water partition coefficient (Wildman–Crippen LogP) is 1.22. The van der Waals surface area contributed by atoms with Crippen molar-refractivity contribution < 1.29 is 15.0 Å². The van der Waals surface area contributed by atoms with Crippen LogP contribution in [0.25, 0.3) is 0 Å². The van der Waals surface area contributed by atoms with Gasteiger partial charge in [-0.1, -0.05) is 6.92 Å². The Morgan fingerprint density at radius 3 is 2.95 bits per heavy atom. The molecule has 1 amide bonds. The van der Waals surface area contributed by atoms with Crippen molar-refractivity contribution in [1.29, 1.82) is 0 Å². The van der Waals surface area contributed by atoms with Crippen molar-refractivity contribution in [3.63, 3.8) is 0 Å². The van der Waals surface area contributed by atoms with Gasteiger partial charge >= 0.3 is 0 Å².